The minimum Gasteiger partial charge on any atom is -0.656 e. The van der Waals surface area contributed by atoms with Crippen LogP contribution in [0.4, 0.5) is 0 Å². The summed E-state index contributed by atoms with van der Waals surface area (Å²) in [6.07, 6.45) is 8.90. The summed E-state index contributed by atoms with van der Waals surface area (Å²) in [4.78, 5) is 19.1. The number of aryl methyl sites for hydroxylation is 9. The molecule has 3 aromatic heterocycles. The number of rotatable bonds is 4. The SMILES string of the molecule is Cc1cc(C)c(-c2c3[nH+]c(c(-c4ccc(I)cc4)c4ccc([n-]4)c(-c4c(C)cc(C)cc4C)c4[nH+]c(c(-c5c(C)cc(C)cc5C)c5ccc2[n-]5)C=C4)C=C3)c(C)c1.[Mg+2]. The number of aromatic nitrogens is 4. The van der Waals surface area contributed by atoms with E-state index in [0.29, 0.717) is 0 Å². The van der Waals surface area contributed by atoms with Gasteiger partial charge in [-0.05, 0) is 153 Å². The van der Waals surface area contributed by atoms with Crippen LogP contribution in [0.25, 0.3) is 90.9 Å². The van der Waals surface area contributed by atoms with Crippen molar-refractivity contribution >= 4 is 92.0 Å². The molecule has 0 atom stereocenters. The molecule has 4 nitrogen and oxygen atoms in total. The van der Waals surface area contributed by atoms with Crippen molar-refractivity contribution in [2.24, 2.45) is 0 Å². The average molecular weight is 891 g/mol. The van der Waals surface area contributed by atoms with E-state index in [9.17, 15) is 0 Å². The maximum Gasteiger partial charge on any atom is 2.00 e. The van der Waals surface area contributed by atoms with Crippen molar-refractivity contribution in [1.82, 2.24) is 9.97 Å². The summed E-state index contributed by atoms with van der Waals surface area (Å²) in [5, 5.41) is 0. The molecule has 5 heterocycles. The van der Waals surface area contributed by atoms with Crippen LogP contribution in [0.15, 0.2) is 84.9 Å². The van der Waals surface area contributed by atoms with E-state index in [1.54, 1.807) is 0 Å². The molecule has 59 heavy (non-hydrogen) atoms. The number of halogens is 1. The maximum atomic E-state index is 5.60. The molecule has 2 aliphatic heterocycles. The first-order valence-electron chi connectivity index (χ1n) is 20.0. The normalized spacial score (nSPS) is 12.0. The average Bonchev–Trinajstić information content (AvgIpc) is 3.99. The van der Waals surface area contributed by atoms with Crippen LogP contribution in [-0.4, -0.2) is 23.1 Å². The van der Waals surface area contributed by atoms with E-state index in [1.807, 2.05) is 0 Å². The van der Waals surface area contributed by atoms with Crippen LogP contribution in [-0.2, 0) is 0 Å². The molecular formula is C53H47IMgN4+2. The van der Waals surface area contributed by atoms with E-state index in [4.69, 9.17) is 9.97 Å². The van der Waals surface area contributed by atoms with Gasteiger partial charge in [0, 0.05) is 50.1 Å². The minimum absolute atomic E-state index is 0. The predicted octanol–water partition coefficient (Wildman–Crippen LogP) is 12.4. The predicted molar refractivity (Wildman–Crippen MR) is 257 cm³/mol. The molecule has 0 saturated heterocycles. The molecular weight excluding hydrogens is 844 g/mol. The summed E-state index contributed by atoms with van der Waals surface area (Å²) in [5.41, 5.74) is 27.9. The van der Waals surface area contributed by atoms with Crippen LogP contribution in [0.2, 0.25) is 0 Å². The van der Waals surface area contributed by atoms with Gasteiger partial charge in [-0.3, -0.25) is 0 Å². The summed E-state index contributed by atoms with van der Waals surface area (Å²) in [7, 11) is 0. The fourth-order valence-electron chi connectivity index (χ4n) is 9.64. The second-order valence-electron chi connectivity index (χ2n) is 16.3. The van der Waals surface area contributed by atoms with Crippen molar-refractivity contribution in [3.05, 3.63) is 161 Å². The number of hydrogen-bond acceptors (Lipinski definition) is 0. The molecule has 286 valence electrons. The van der Waals surface area contributed by atoms with Gasteiger partial charge in [0.05, 0.1) is 0 Å². The molecule has 0 spiro atoms. The fourth-order valence-corrected chi connectivity index (χ4v) is 10.00. The number of fused-ring (bicyclic) bond motifs is 8. The van der Waals surface area contributed by atoms with E-state index in [2.05, 4.69) is 204 Å². The zero-order chi connectivity index (χ0) is 40.6. The smallest absolute Gasteiger partial charge is 0.656 e. The summed E-state index contributed by atoms with van der Waals surface area (Å²) < 4.78 is 1.19. The Morgan fingerprint density at radius 2 is 0.627 bits per heavy atom. The van der Waals surface area contributed by atoms with Gasteiger partial charge < -0.3 is 9.97 Å². The Hall–Kier alpha value is -5.02. The third-order valence-corrected chi connectivity index (χ3v) is 12.4. The van der Waals surface area contributed by atoms with E-state index in [1.165, 1.54) is 70.3 Å². The van der Waals surface area contributed by atoms with Crippen LogP contribution in [0.5, 0.6) is 0 Å². The summed E-state index contributed by atoms with van der Waals surface area (Å²) >= 11 is 2.38. The third kappa shape index (κ3) is 7.34. The van der Waals surface area contributed by atoms with Gasteiger partial charge >= 0.3 is 23.1 Å². The van der Waals surface area contributed by atoms with E-state index in [0.717, 1.165) is 72.7 Å². The van der Waals surface area contributed by atoms with Gasteiger partial charge in [0.1, 0.15) is 0 Å². The van der Waals surface area contributed by atoms with Crippen molar-refractivity contribution in [1.29, 1.82) is 0 Å². The number of H-pyrrole nitrogens is 2. The zero-order valence-corrected chi connectivity index (χ0v) is 38.9. The van der Waals surface area contributed by atoms with E-state index >= 15 is 0 Å². The first-order valence-corrected chi connectivity index (χ1v) is 21.1. The van der Waals surface area contributed by atoms with Crippen molar-refractivity contribution < 1.29 is 9.97 Å². The van der Waals surface area contributed by atoms with Gasteiger partial charge in [0.2, 0.25) is 22.8 Å². The quantitative estimate of drug-likeness (QED) is 0.131. The van der Waals surface area contributed by atoms with Gasteiger partial charge in [-0.15, -0.1) is 22.1 Å². The van der Waals surface area contributed by atoms with Gasteiger partial charge in [-0.1, -0.05) is 89.5 Å². The molecule has 0 amide bonds. The van der Waals surface area contributed by atoms with Crippen molar-refractivity contribution in [2.45, 2.75) is 62.3 Å². The molecule has 2 aliphatic rings. The summed E-state index contributed by atoms with van der Waals surface area (Å²) in [6.45, 7) is 19.8. The van der Waals surface area contributed by atoms with Crippen molar-refractivity contribution in [3.63, 3.8) is 0 Å². The van der Waals surface area contributed by atoms with E-state index in [-0.39, 0.29) is 23.1 Å². The Morgan fingerprint density at radius 1 is 0.356 bits per heavy atom. The molecule has 0 saturated carbocycles. The van der Waals surface area contributed by atoms with Crippen LogP contribution in [0.1, 0.15) is 72.8 Å². The number of nitrogens with zero attached hydrogens (tertiary/aromatic N) is 2. The van der Waals surface area contributed by atoms with Gasteiger partial charge in [0.25, 0.3) is 0 Å². The molecule has 0 fully saturated rings. The first kappa shape index (κ1) is 40.7. The minimum atomic E-state index is 0. The first-order chi connectivity index (χ1) is 27.8. The Labute approximate surface area is 377 Å². The largest absolute Gasteiger partial charge is 2.00 e. The number of aromatic amines is 2. The standard InChI is InChI=1S/C53H45IN4.Mg/c1-28-22-31(4)47(32(5)23-28)51-41-16-14-39(55-41)50(37-10-12-38(54)13-11-37)40-15-17-42(56-40)52(48-33(6)24-29(2)25-34(48)7)44-19-21-46(58-44)53(45-20-18-43(51)57-45)49-35(8)26-30(3)27-36(49)9;/h10-27H,1-9H3;/q-2;+2/p+2. The Morgan fingerprint density at radius 3 is 0.932 bits per heavy atom. The summed E-state index contributed by atoms with van der Waals surface area (Å²) in [5.74, 6) is 0. The van der Waals surface area contributed by atoms with Crippen molar-refractivity contribution in [2.75, 3.05) is 0 Å². The van der Waals surface area contributed by atoms with Crippen LogP contribution in [0, 0.1) is 65.9 Å². The van der Waals surface area contributed by atoms with Crippen LogP contribution in [0.3, 0.4) is 0 Å². The molecule has 0 unspecified atom stereocenters. The van der Waals surface area contributed by atoms with Crippen LogP contribution >= 0.6 is 22.6 Å². The fraction of sp³-hybridized carbons (Fsp3) is 0.170. The molecule has 9 rings (SSSR count). The molecule has 4 aromatic carbocycles. The zero-order valence-electron chi connectivity index (χ0n) is 35.4. The molecule has 7 aromatic rings. The number of nitrogens with one attached hydrogen (secondary N) is 2. The number of hydrogen-bond donors (Lipinski definition) is 0. The second kappa shape index (κ2) is 15.9. The molecule has 8 bridgehead atoms. The van der Waals surface area contributed by atoms with Gasteiger partial charge in [-0.2, -0.15) is 0 Å². The van der Waals surface area contributed by atoms with Crippen molar-refractivity contribution in [3.8, 4) is 44.5 Å². The molecule has 0 radical (unpaired) electrons. The maximum absolute atomic E-state index is 5.60. The molecule has 6 heteroatoms. The molecule has 0 aliphatic carbocycles. The molecule has 2 N–H and O–H groups in total. The Bertz CT molecular complexity index is 2980. The van der Waals surface area contributed by atoms with Crippen LogP contribution < -0.4 is 19.9 Å². The van der Waals surface area contributed by atoms with Gasteiger partial charge in [-0.25, -0.2) is 9.97 Å². The topological polar surface area (TPSA) is 56.5 Å². The number of benzene rings is 4. The monoisotopic (exact) mass is 890 g/mol. The van der Waals surface area contributed by atoms with Gasteiger partial charge in [0.15, 0.2) is 0 Å². The summed E-state index contributed by atoms with van der Waals surface area (Å²) in [6, 6.07) is 31.2. The third-order valence-electron chi connectivity index (χ3n) is 11.7. The Kier molecular flexibility index (Phi) is 11.0. The van der Waals surface area contributed by atoms with E-state index < -0.39 is 0 Å². The Balaban J connectivity index is 0.00000484. The second-order valence-corrected chi connectivity index (χ2v) is 17.6.